The zero-order valence-electron chi connectivity index (χ0n) is 13.3. The zero-order chi connectivity index (χ0) is 18.2. The molecule has 6 heteroatoms. The molecule has 0 aromatic heterocycles. The summed E-state index contributed by atoms with van der Waals surface area (Å²) in [7, 11) is 0. The van der Waals surface area contributed by atoms with Crippen LogP contribution in [0.25, 0.3) is 10.8 Å². The van der Waals surface area contributed by atoms with Crippen LogP contribution < -0.4 is 0 Å². The van der Waals surface area contributed by atoms with Crippen LogP contribution in [0.15, 0.2) is 59.9 Å². The van der Waals surface area contributed by atoms with Gasteiger partial charge in [0.25, 0.3) is 0 Å². The molecule has 0 radical (unpaired) electrons. The summed E-state index contributed by atoms with van der Waals surface area (Å²) >= 11 is 0. The molecule has 1 aliphatic carbocycles. The molecule has 0 amide bonds. The first-order valence-corrected chi connectivity index (χ1v) is 7.76. The van der Waals surface area contributed by atoms with E-state index >= 15 is 0 Å². The molecule has 0 N–H and O–H groups in total. The van der Waals surface area contributed by atoms with Crippen molar-refractivity contribution in [3.63, 3.8) is 0 Å². The lowest BCUT2D eigenvalue weighted by atomic mass is 10.0. The lowest BCUT2D eigenvalue weighted by Gasteiger charge is -2.25. The maximum absolute atomic E-state index is 13.7. The Morgan fingerprint density at radius 1 is 1.00 bits per heavy atom. The molecule has 132 valence electrons. The summed E-state index contributed by atoms with van der Waals surface area (Å²) in [6, 6.07) is 11.2. The SMILES string of the molecule is CCc1ccc2cc(COC3=CC(F)=C(F)C(F)(F)C3F)ccc2c1. The van der Waals surface area contributed by atoms with Crippen LogP contribution >= 0.6 is 0 Å². The summed E-state index contributed by atoms with van der Waals surface area (Å²) in [5.41, 5.74) is 1.78. The number of allylic oxidation sites excluding steroid dienone is 4. The summed E-state index contributed by atoms with van der Waals surface area (Å²) in [5, 5.41) is 1.92. The highest BCUT2D eigenvalue weighted by molar-refractivity contribution is 5.83. The highest BCUT2D eigenvalue weighted by Gasteiger charge is 2.52. The van der Waals surface area contributed by atoms with Gasteiger partial charge in [0.1, 0.15) is 12.4 Å². The average Bonchev–Trinajstić information content (AvgIpc) is 2.61. The van der Waals surface area contributed by atoms with Crippen LogP contribution in [-0.2, 0) is 17.8 Å². The molecule has 0 saturated carbocycles. The van der Waals surface area contributed by atoms with E-state index in [1.807, 2.05) is 31.2 Å². The van der Waals surface area contributed by atoms with Crippen molar-refractivity contribution in [2.24, 2.45) is 0 Å². The van der Waals surface area contributed by atoms with E-state index < -0.39 is 29.5 Å². The molecule has 3 rings (SSSR count). The molecule has 0 heterocycles. The van der Waals surface area contributed by atoms with Gasteiger partial charge in [0.15, 0.2) is 5.83 Å². The topological polar surface area (TPSA) is 9.23 Å². The number of aryl methyl sites for hydroxylation is 1. The van der Waals surface area contributed by atoms with Crippen LogP contribution in [0.3, 0.4) is 0 Å². The third-order valence-electron chi connectivity index (χ3n) is 4.12. The minimum absolute atomic E-state index is 0.233. The van der Waals surface area contributed by atoms with Crippen LogP contribution in [-0.4, -0.2) is 12.1 Å². The molecule has 25 heavy (non-hydrogen) atoms. The highest BCUT2D eigenvalue weighted by Crippen LogP contribution is 2.41. The monoisotopic (exact) mass is 354 g/mol. The Labute approximate surface area is 141 Å². The van der Waals surface area contributed by atoms with E-state index in [0.717, 1.165) is 17.2 Å². The van der Waals surface area contributed by atoms with Gasteiger partial charge in [-0.3, -0.25) is 0 Å². The first-order chi connectivity index (χ1) is 11.8. The fourth-order valence-electron chi connectivity index (χ4n) is 2.65. The minimum atomic E-state index is -4.56. The van der Waals surface area contributed by atoms with Gasteiger partial charge in [-0.15, -0.1) is 0 Å². The van der Waals surface area contributed by atoms with E-state index in [1.165, 1.54) is 5.56 Å². The molecule has 1 aliphatic rings. The number of hydrogen-bond donors (Lipinski definition) is 0. The minimum Gasteiger partial charge on any atom is -0.490 e. The van der Waals surface area contributed by atoms with Crippen molar-refractivity contribution in [1.82, 2.24) is 0 Å². The third kappa shape index (κ3) is 3.25. The molecule has 1 atom stereocenters. The second kappa shape index (κ2) is 6.50. The quantitative estimate of drug-likeness (QED) is 0.618. The second-order valence-corrected chi connectivity index (χ2v) is 5.85. The Morgan fingerprint density at radius 3 is 2.24 bits per heavy atom. The van der Waals surface area contributed by atoms with Crippen LogP contribution in [0.1, 0.15) is 18.1 Å². The molecule has 0 aliphatic heterocycles. The van der Waals surface area contributed by atoms with E-state index in [2.05, 4.69) is 0 Å². The standard InChI is InChI=1S/C19H15F5O/c1-2-11-3-5-14-8-12(4-6-13(14)7-11)10-25-16-9-15(20)17(21)19(23,24)18(16)22/h3-9,18H,2,10H2,1H3. The molecular formula is C19H15F5O. The fraction of sp³-hybridized carbons (Fsp3) is 0.263. The van der Waals surface area contributed by atoms with Gasteiger partial charge in [-0.05, 0) is 34.4 Å². The molecular weight excluding hydrogens is 339 g/mol. The van der Waals surface area contributed by atoms with Crippen molar-refractivity contribution in [3.8, 4) is 0 Å². The van der Waals surface area contributed by atoms with Gasteiger partial charge in [-0.2, -0.15) is 8.78 Å². The second-order valence-electron chi connectivity index (χ2n) is 5.85. The van der Waals surface area contributed by atoms with Crippen molar-refractivity contribution >= 4 is 10.8 Å². The summed E-state index contributed by atoms with van der Waals surface area (Å²) in [5.74, 6) is -9.72. The van der Waals surface area contributed by atoms with Gasteiger partial charge in [-0.1, -0.05) is 37.3 Å². The van der Waals surface area contributed by atoms with Crippen molar-refractivity contribution < 1.29 is 26.7 Å². The van der Waals surface area contributed by atoms with E-state index in [9.17, 15) is 22.0 Å². The number of hydrogen-bond acceptors (Lipinski definition) is 1. The number of rotatable bonds is 4. The van der Waals surface area contributed by atoms with E-state index in [0.29, 0.717) is 11.6 Å². The summed E-state index contributed by atoms with van der Waals surface area (Å²) in [4.78, 5) is 0. The first-order valence-electron chi connectivity index (χ1n) is 7.76. The Bertz CT molecular complexity index is 869. The maximum Gasteiger partial charge on any atom is 0.339 e. The van der Waals surface area contributed by atoms with E-state index in [-0.39, 0.29) is 6.61 Å². The fourth-order valence-corrected chi connectivity index (χ4v) is 2.65. The maximum atomic E-state index is 13.7. The van der Waals surface area contributed by atoms with Gasteiger partial charge >= 0.3 is 5.92 Å². The van der Waals surface area contributed by atoms with E-state index in [1.54, 1.807) is 12.1 Å². The summed E-state index contributed by atoms with van der Waals surface area (Å²) < 4.78 is 71.6. The van der Waals surface area contributed by atoms with Crippen molar-refractivity contribution in [2.45, 2.75) is 32.0 Å². The third-order valence-corrected chi connectivity index (χ3v) is 4.12. The summed E-state index contributed by atoms with van der Waals surface area (Å²) in [6.45, 7) is 1.81. The molecule has 2 aromatic rings. The number of ether oxygens (including phenoxy) is 1. The Balaban J connectivity index is 1.79. The zero-order valence-corrected chi connectivity index (χ0v) is 13.3. The van der Waals surface area contributed by atoms with Gasteiger partial charge in [0.05, 0.1) is 0 Å². The lowest BCUT2D eigenvalue weighted by molar-refractivity contribution is -0.0674. The number of fused-ring (bicyclic) bond motifs is 1. The smallest absolute Gasteiger partial charge is 0.339 e. The summed E-state index contributed by atoms with van der Waals surface area (Å²) in [6.07, 6.45) is -1.83. The average molecular weight is 354 g/mol. The Morgan fingerprint density at radius 2 is 1.60 bits per heavy atom. The predicted molar refractivity (Wildman–Crippen MR) is 85.3 cm³/mol. The van der Waals surface area contributed by atoms with Gasteiger partial charge < -0.3 is 4.74 Å². The molecule has 1 unspecified atom stereocenters. The number of benzene rings is 2. The normalized spacial score (nSPS) is 19.9. The van der Waals surface area contributed by atoms with Gasteiger partial charge in [-0.25, -0.2) is 13.2 Å². The Kier molecular flexibility index (Phi) is 4.54. The van der Waals surface area contributed by atoms with Crippen molar-refractivity contribution in [2.75, 3.05) is 0 Å². The molecule has 0 fully saturated rings. The largest absolute Gasteiger partial charge is 0.490 e. The molecule has 0 spiro atoms. The number of halogens is 5. The van der Waals surface area contributed by atoms with Crippen molar-refractivity contribution in [1.29, 1.82) is 0 Å². The van der Waals surface area contributed by atoms with Crippen LogP contribution in [0, 0.1) is 0 Å². The number of alkyl halides is 3. The lowest BCUT2D eigenvalue weighted by Crippen LogP contribution is -2.36. The highest BCUT2D eigenvalue weighted by atomic mass is 19.3. The molecule has 1 nitrogen and oxygen atoms in total. The molecule has 2 aromatic carbocycles. The van der Waals surface area contributed by atoms with Crippen molar-refractivity contribution in [3.05, 3.63) is 71.0 Å². The molecule has 0 saturated heterocycles. The van der Waals surface area contributed by atoms with Crippen LogP contribution in [0.5, 0.6) is 0 Å². The predicted octanol–water partition coefficient (Wildman–Crippen LogP) is 5.94. The molecule has 0 bridgehead atoms. The van der Waals surface area contributed by atoms with Gasteiger partial charge in [0, 0.05) is 6.08 Å². The Hall–Kier alpha value is -2.37. The van der Waals surface area contributed by atoms with E-state index in [4.69, 9.17) is 4.74 Å². The first kappa shape index (κ1) is 17.5. The van der Waals surface area contributed by atoms with Gasteiger partial charge in [0.2, 0.25) is 12.0 Å². The van der Waals surface area contributed by atoms with Crippen LogP contribution in [0.4, 0.5) is 22.0 Å². The van der Waals surface area contributed by atoms with Crippen LogP contribution in [0.2, 0.25) is 0 Å².